The average Bonchev–Trinajstić information content (AvgIpc) is 3.02. The summed E-state index contributed by atoms with van der Waals surface area (Å²) in [4.78, 5) is 19.7. The van der Waals surface area contributed by atoms with E-state index in [4.69, 9.17) is 0 Å². The summed E-state index contributed by atoms with van der Waals surface area (Å²) in [6.45, 7) is 5.81. The van der Waals surface area contributed by atoms with Crippen LogP contribution in [0.1, 0.15) is 33.4 Å². The fourth-order valence-electron chi connectivity index (χ4n) is 3.93. The Hall–Kier alpha value is -2.41. The van der Waals surface area contributed by atoms with Gasteiger partial charge in [0.15, 0.2) is 0 Å². The highest BCUT2D eigenvalue weighted by Gasteiger charge is 2.31. The Balaban J connectivity index is 0.00000160. The third-order valence-electron chi connectivity index (χ3n) is 5.28. The second-order valence-electron chi connectivity index (χ2n) is 7.08. The maximum Gasteiger partial charge on any atom is 0.256 e. The average molecular weight is 451 g/mol. The second kappa shape index (κ2) is 10.1. The zero-order valence-electron chi connectivity index (χ0n) is 16.8. The van der Waals surface area contributed by atoms with Crippen LogP contribution in [0.15, 0.2) is 54.7 Å². The van der Waals surface area contributed by atoms with E-state index in [-0.39, 0.29) is 42.6 Å². The molecule has 8 heteroatoms. The van der Waals surface area contributed by atoms with E-state index in [2.05, 4.69) is 10.3 Å². The lowest BCUT2D eigenvalue weighted by Gasteiger charge is -2.36. The number of benzene rings is 1. The molecule has 1 unspecified atom stereocenters. The SMILES string of the molecule is Cc1cc(C(=O)N2CCNCC2c2cccc(F)c2)c(C)n1-c1ccccn1.Cl.Cl. The molecule has 3 heterocycles. The van der Waals surface area contributed by atoms with E-state index in [9.17, 15) is 9.18 Å². The van der Waals surface area contributed by atoms with Gasteiger partial charge in [0.1, 0.15) is 11.6 Å². The van der Waals surface area contributed by atoms with Gasteiger partial charge in [-0.25, -0.2) is 9.37 Å². The van der Waals surface area contributed by atoms with Gasteiger partial charge in [0.05, 0.1) is 11.6 Å². The predicted molar refractivity (Wildman–Crippen MR) is 121 cm³/mol. The van der Waals surface area contributed by atoms with E-state index >= 15 is 0 Å². The molecule has 1 saturated heterocycles. The molecular weight excluding hydrogens is 426 g/mol. The number of nitrogens with zero attached hydrogens (tertiary/aromatic N) is 3. The van der Waals surface area contributed by atoms with Gasteiger partial charge in [-0.3, -0.25) is 4.79 Å². The molecule has 1 fully saturated rings. The van der Waals surface area contributed by atoms with Gasteiger partial charge >= 0.3 is 0 Å². The summed E-state index contributed by atoms with van der Waals surface area (Å²) in [6.07, 6.45) is 1.74. The number of rotatable bonds is 3. The van der Waals surface area contributed by atoms with Gasteiger partial charge in [0.2, 0.25) is 0 Å². The second-order valence-corrected chi connectivity index (χ2v) is 7.08. The van der Waals surface area contributed by atoms with Crippen molar-refractivity contribution in [1.82, 2.24) is 19.8 Å². The normalized spacial score (nSPS) is 15.8. The van der Waals surface area contributed by atoms with E-state index in [1.165, 1.54) is 12.1 Å². The van der Waals surface area contributed by atoms with Gasteiger partial charge in [-0.2, -0.15) is 0 Å². The Labute approximate surface area is 188 Å². The maximum atomic E-state index is 13.7. The zero-order valence-corrected chi connectivity index (χ0v) is 18.5. The molecule has 1 N–H and O–H groups in total. The van der Waals surface area contributed by atoms with E-state index in [1.54, 1.807) is 12.3 Å². The van der Waals surface area contributed by atoms with E-state index < -0.39 is 0 Å². The van der Waals surface area contributed by atoms with E-state index in [0.717, 1.165) is 29.3 Å². The molecular formula is C22H25Cl2FN4O. The van der Waals surface area contributed by atoms with Crippen LogP contribution in [0.25, 0.3) is 5.82 Å². The Morgan fingerprint density at radius 1 is 1.13 bits per heavy atom. The van der Waals surface area contributed by atoms with Gasteiger partial charge in [-0.15, -0.1) is 24.8 Å². The fourth-order valence-corrected chi connectivity index (χ4v) is 3.93. The first-order valence-electron chi connectivity index (χ1n) is 9.44. The van der Waals surface area contributed by atoms with Crippen molar-refractivity contribution in [2.75, 3.05) is 19.6 Å². The number of hydrogen-bond acceptors (Lipinski definition) is 3. The summed E-state index contributed by atoms with van der Waals surface area (Å²) in [6, 6.07) is 13.9. The van der Waals surface area contributed by atoms with Crippen molar-refractivity contribution in [3.8, 4) is 5.82 Å². The van der Waals surface area contributed by atoms with Crippen molar-refractivity contribution in [1.29, 1.82) is 0 Å². The van der Waals surface area contributed by atoms with Crippen molar-refractivity contribution in [2.24, 2.45) is 0 Å². The van der Waals surface area contributed by atoms with Crippen LogP contribution in [0.5, 0.6) is 0 Å². The summed E-state index contributed by atoms with van der Waals surface area (Å²) in [5.74, 6) is 0.466. The number of halogens is 3. The number of nitrogens with one attached hydrogen (secondary N) is 1. The van der Waals surface area contributed by atoms with Crippen LogP contribution < -0.4 is 5.32 Å². The van der Waals surface area contributed by atoms with Crippen LogP contribution in [0.3, 0.4) is 0 Å². The number of carbonyl (C=O) groups is 1. The molecule has 1 aliphatic heterocycles. The molecule has 0 bridgehead atoms. The molecule has 1 aliphatic rings. The quantitative estimate of drug-likeness (QED) is 0.648. The molecule has 1 atom stereocenters. The highest BCUT2D eigenvalue weighted by Crippen LogP contribution is 2.27. The van der Waals surface area contributed by atoms with E-state index in [0.29, 0.717) is 18.7 Å². The van der Waals surface area contributed by atoms with Crippen molar-refractivity contribution in [2.45, 2.75) is 19.9 Å². The standard InChI is InChI=1S/C22H23FN4O.2ClH/c1-15-12-19(16(2)27(15)21-8-3-4-9-25-21)22(28)26-11-10-24-14-20(26)17-6-5-7-18(23)13-17;;/h3-9,12-13,20,24H,10-11,14H2,1-2H3;2*1H. The molecule has 0 radical (unpaired) electrons. The third kappa shape index (κ3) is 4.51. The summed E-state index contributed by atoms with van der Waals surface area (Å²) < 4.78 is 15.7. The smallest absolute Gasteiger partial charge is 0.256 e. The summed E-state index contributed by atoms with van der Waals surface area (Å²) in [7, 11) is 0. The molecule has 2 aromatic heterocycles. The molecule has 1 aromatic carbocycles. The van der Waals surface area contributed by atoms with Crippen molar-refractivity contribution < 1.29 is 9.18 Å². The highest BCUT2D eigenvalue weighted by atomic mass is 35.5. The largest absolute Gasteiger partial charge is 0.329 e. The molecule has 0 aliphatic carbocycles. The predicted octanol–water partition coefficient (Wildman–Crippen LogP) is 4.26. The van der Waals surface area contributed by atoms with E-state index in [1.807, 2.05) is 53.6 Å². The van der Waals surface area contributed by atoms with Gasteiger partial charge in [-0.1, -0.05) is 18.2 Å². The van der Waals surface area contributed by atoms with Crippen LogP contribution in [-0.4, -0.2) is 40.0 Å². The lowest BCUT2D eigenvalue weighted by molar-refractivity contribution is 0.0633. The van der Waals surface area contributed by atoms with Crippen LogP contribution in [-0.2, 0) is 0 Å². The first-order valence-corrected chi connectivity index (χ1v) is 9.44. The monoisotopic (exact) mass is 450 g/mol. The molecule has 30 heavy (non-hydrogen) atoms. The molecule has 4 rings (SSSR count). The zero-order chi connectivity index (χ0) is 19.7. The Morgan fingerprint density at radius 2 is 1.93 bits per heavy atom. The molecule has 5 nitrogen and oxygen atoms in total. The number of carbonyl (C=O) groups excluding carboxylic acids is 1. The van der Waals surface area contributed by atoms with Crippen LogP contribution in [0, 0.1) is 19.7 Å². The maximum absolute atomic E-state index is 13.7. The number of piperazine rings is 1. The first-order chi connectivity index (χ1) is 13.6. The number of aryl methyl sites for hydroxylation is 1. The van der Waals surface area contributed by atoms with Crippen molar-refractivity contribution in [3.63, 3.8) is 0 Å². The number of amides is 1. The summed E-state index contributed by atoms with van der Waals surface area (Å²) >= 11 is 0. The minimum atomic E-state index is -0.288. The van der Waals surface area contributed by atoms with Gasteiger partial charge in [0.25, 0.3) is 5.91 Å². The van der Waals surface area contributed by atoms with Gasteiger partial charge < -0.3 is 14.8 Å². The number of aromatic nitrogens is 2. The molecule has 160 valence electrons. The Kier molecular flexibility index (Phi) is 8.01. The van der Waals surface area contributed by atoms with Crippen LogP contribution >= 0.6 is 24.8 Å². The van der Waals surface area contributed by atoms with Gasteiger partial charge in [-0.05, 0) is 49.7 Å². The number of pyridine rings is 1. The summed E-state index contributed by atoms with van der Waals surface area (Å²) in [5.41, 5.74) is 3.28. The molecule has 3 aromatic rings. The highest BCUT2D eigenvalue weighted by molar-refractivity contribution is 5.96. The molecule has 0 saturated carbocycles. The fraction of sp³-hybridized carbons (Fsp3) is 0.273. The minimum Gasteiger partial charge on any atom is -0.329 e. The van der Waals surface area contributed by atoms with Gasteiger partial charge in [0, 0.05) is 37.2 Å². The lowest BCUT2D eigenvalue weighted by atomic mass is 10.0. The topological polar surface area (TPSA) is 50.2 Å². The third-order valence-corrected chi connectivity index (χ3v) is 5.28. The lowest BCUT2D eigenvalue weighted by Crippen LogP contribution is -2.48. The minimum absolute atomic E-state index is 0. The van der Waals surface area contributed by atoms with Crippen LogP contribution in [0.4, 0.5) is 4.39 Å². The first kappa shape index (κ1) is 23.9. The van der Waals surface area contributed by atoms with Crippen LogP contribution in [0.2, 0.25) is 0 Å². The summed E-state index contributed by atoms with van der Waals surface area (Å²) in [5, 5.41) is 3.31. The molecule has 1 amide bonds. The number of hydrogen-bond donors (Lipinski definition) is 1. The Bertz CT molecular complexity index is 1010. The van der Waals surface area contributed by atoms with Crippen molar-refractivity contribution >= 4 is 30.7 Å². The van der Waals surface area contributed by atoms with Crippen molar-refractivity contribution in [3.05, 3.63) is 83.1 Å². The molecule has 0 spiro atoms. The Morgan fingerprint density at radius 3 is 2.63 bits per heavy atom.